The van der Waals surface area contributed by atoms with Crippen molar-refractivity contribution in [1.29, 1.82) is 0 Å². The highest BCUT2D eigenvalue weighted by atomic mass is 35.5. The largest absolute Gasteiger partial charge is 0.347 e. The second-order valence-electron chi connectivity index (χ2n) is 7.90. The highest BCUT2D eigenvalue weighted by molar-refractivity contribution is 7.93. The van der Waals surface area contributed by atoms with Crippen LogP contribution in [-0.2, 0) is 34.3 Å². The first-order valence-corrected chi connectivity index (χ1v) is 13.2. The number of sulfonamides is 1. The van der Waals surface area contributed by atoms with E-state index >= 15 is 0 Å². The topological polar surface area (TPSA) is 84.3 Å². The zero-order valence-electron chi connectivity index (χ0n) is 17.6. The van der Waals surface area contributed by atoms with Crippen LogP contribution < -0.4 is 4.72 Å². The highest BCUT2D eigenvalue weighted by Crippen LogP contribution is 2.25. The van der Waals surface area contributed by atoms with Gasteiger partial charge in [0.25, 0.3) is 10.0 Å². The summed E-state index contributed by atoms with van der Waals surface area (Å²) in [7, 11) is -3.74. The zero-order chi connectivity index (χ0) is 23.0. The first kappa shape index (κ1) is 21.9. The maximum absolute atomic E-state index is 12.9. The molecule has 0 atom stereocenters. The van der Waals surface area contributed by atoms with E-state index in [4.69, 9.17) is 11.6 Å². The summed E-state index contributed by atoms with van der Waals surface area (Å²) in [6.45, 7) is 1.59. The van der Waals surface area contributed by atoms with Crippen molar-refractivity contribution in [2.24, 2.45) is 0 Å². The lowest BCUT2D eigenvalue weighted by molar-refractivity contribution is -0.132. The van der Waals surface area contributed by atoms with Crippen molar-refractivity contribution in [2.45, 2.75) is 30.8 Å². The molecule has 0 bridgehead atoms. The number of aryl methyl sites for hydroxylation is 1. The first-order chi connectivity index (χ1) is 15.9. The van der Waals surface area contributed by atoms with Gasteiger partial charge in [0.15, 0.2) is 5.13 Å². The van der Waals surface area contributed by atoms with Crippen LogP contribution >= 0.6 is 22.9 Å². The van der Waals surface area contributed by atoms with Crippen molar-refractivity contribution in [3.05, 3.63) is 76.4 Å². The van der Waals surface area contributed by atoms with E-state index in [2.05, 4.69) is 14.3 Å². The van der Waals surface area contributed by atoms with E-state index in [-0.39, 0.29) is 10.8 Å². The van der Waals surface area contributed by atoms with Crippen molar-refractivity contribution >= 4 is 54.9 Å². The molecule has 0 spiro atoms. The van der Waals surface area contributed by atoms with Gasteiger partial charge in [-0.25, -0.2) is 13.4 Å². The number of amides is 1. The van der Waals surface area contributed by atoms with Crippen LogP contribution in [0.5, 0.6) is 0 Å². The van der Waals surface area contributed by atoms with Gasteiger partial charge in [-0.2, -0.15) is 0 Å². The third kappa shape index (κ3) is 4.62. The third-order valence-corrected chi connectivity index (χ3v) is 8.20. The second kappa shape index (κ2) is 8.81. The van der Waals surface area contributed by atoms with Crippen LogP contribution in [0.15, 0.2) is 65.1 Å². The SMILES string of the molecule is O=C(CCn1ccc2cc(Cl)ccc21)N1CCc2ccc(S(=O)(=O)Nc3nccs3)cc2C1. The Morgan fingerprint density at radius 3 is 2.85 bits per heavy atom. The quantitative estimate of drug-likeness (QED) is 0.421. The summed E-state index contributed by atoms with van der Waals surface area (Å²) in [4.78, 5) is 18.9. The van der Waals surface area contributed by atoms with Crippen molar-refractivity contribution in [3.8, 4) is 0 Å². The minimum atomic E-state index is -3.74. The number of fused-ring (bicyclic) bond motifs is 2. The van der Waals surface area contributed by atoms with Gasteiger partial charge in [-0.3, -0.25) is 9.52 Å². The lowest BCUT2D eigenvalue weighted by atomic mass is 9.99. The fourth-order valence-corrected chi connectivity index (χ4v) is 6.12. The van der Waals surface area contributed by atoms with E-state index in [1.165, 1.54) is 11.3 Å². The van der Waals surface area contributed by atoms with Gasteiger partial charge in [-0.15, -0.1) is 11.3 Å². The molecule has 33 heavy (non-hydrogen) atoms. The maximum atomic E-state index is 12.9. The molecule has 5 rings (SSSR count). The number of hydrogen-bond donors (Lipinski definition) is 1. The average Bonchev–Trinajstić information content (AvgIpc) is 3.45. The highest BCUT2D eigenvalue weighted by Gasteiger charge is 2.23. The molecule has 0 aliphatic carbocycles. The van der Waals surface area contributed by atoms with Gasteiger partial charge in [-0.1, -0.05) is 17.7 Å². The number of anilines is 1. The molecule has 10 heteroatoms. The fraction of sp³-hybridized carbons (Fsp3) is 0.217. The molecule has 1 N–H and O–H groups in total. The summed E-state index contributed by atoms with van der Waals surface area (Å²) < 4.78 is 30.0. The Morgan fingerprint density at radius 1 is 1.15 bits per heavy atom. The Balaban J connectivity index is 1.27. The zero-order valence-corrected chi connectivity index (χ0v) is 20.0. The van der Waals surface area contributed by atoms with E-state index in [0.29, 0.717) is 42.6 Å². The molecule has 3 heterocycles. The van der Waals surface area contributed by atoms with Gasteiger partial charge < -0.3 is 9.47 Å². The summed E-state index contributed by atoms with van der Waals surface area (Å²) in [6, 6.07) is 12.8. The lowest BCUT2D eigenvalue weighted by Crippen LogP contribution is -2.36. The standard InChI is InChI=1S/C23H21ClN4O3S2/c24-19-2-4-21-17(13-19)6-9-27(21)11-7-22(29)28-10-5-16-1-3-20(14-18(16)15-28)33(30,31)26-23-25-8-12-32-23/h1-4,6,8-9,12-14H,5,7,10-11,15H2,(H,25,26). The van der Waals surface area contributed by atoms with Crippen molar-refractivity contribution in [1.82, 2.24) is 14.5 Å². The average molecular weight is 501 g/mol. The minimum Gasteiger partial charge on any atom is -0.347 e. The van der Waals surface area contributed by atoms with Crippen molar-refractivity contribution in [3.63, 3.8) is 0 Å². The molecule has 1 aliphatic rings. The van der Waals surface area contributed by atoms with Crippen molar-refractivity contribution in [2.75, 3.05) is 11.3 Å². The molecule has 4 aromatic rings. The van der Waals surface area contributed by atoms with E-state index in [1.807, 2.05) is 36.5 Å². The molecule has 7 nitrogen and oxygen atoms in total. The molecule has 170 valence electrons. The number of halogens is 1. The number of aromatic nitrogens is 2. The van der Waals surface area contributed by atoms with Gasteiger partial charge in [0, 0.05) is 59.8 Å². The molecule has 1 amide bonds. The summed E-state index contributed by atoms with van der Waals surface area (Å²) in [5, 5.41) is 3.76. The Kier molecular flexibility index (Phi) is 5.86. The molecular weight excluding hydrogens is 480 g/mol. The van der Waals surface area contributed by atoms with Crippen LogP contribution in [0, 0.1) is 0 Å². The Bertz CT molecular complexity index is 1430. The number of nitrogens with zero attached hydrogens (tertiary/aromatic N) is 3. The molecule has 0 radical (unpaired) electrons. The summed E-state index contributed by atoms with van der Waals surface area (Å²) >= 11 is 7.28. The van der Waals surface area contributed by atoms with Crippen LogP contribution in [0.3, 0.4) is 0 Å². The lowest BCUT2D eigenvalue weighted by Gasteiger charge is -2.29. The Hall–Kier alpha value is -2.88. The minimum absolute atomic E-state index is 0.0469. The third-order valence-electron chi connectivity index (χ3n) is 5.81. The smallest absolute Gasteiger partial charge is 0.263 e. The van der Waals surface area contributed by atoms with Gasteiger partial charge >= 0.3 is 0 Å². The van der Waals surface area contributed by atoms with Crippen LogP contribution in [-0.4, -0.2) is 35.3 Å². The Morgan fingerprint density at radius 2 is 2.03 bits per heavy atom. The number of carbonyl (C=O) groups excluding carboxylic acids is 1. The first-order valence-electron chi connectivity index (χ1n) is 10.5. The predicted octanol–water partition coefficient (Wildman–Crippen LogP) is 4.53. The summed E-state index contributed by atoms with van der Waals surface area (Å²) in [5.41, 5.74) is 2.97. The second-order valence-corrected chi connectivity index (χ2v) is 10.9. The Labute approximate surface area is 200 Å². The molecule has 0 saturated heterocycles. The molecule has 2 aromatic carbocycles. The van der Waals surface area contributed by atoms with Gasteiger partial charge in [0.2, 0.25) is 5.91 Å². The van der Waals surface area contributed by atoms with E-state index in [9.17, 15) is 13.2 Å². The maximum Gasteiger partial charge on any atom is 0.263 e. The number of benzene rings is 2. The molecular formula is C23H21ClN4O3S2. The monoisotopic (exact) mass is 500 g/mol. The number of nitrogens with one attached hydrogen (secondary N) is 1. The van der Waals surface area contributed by atoms with Crippen LogP contribution in [0.25, 0.3) is 10.9 Å². The summed E-state index contributed by atoms with van der Waals surface area (Å²) in [5.74, 6) is 0.0469. The van der Waals surface area contributed by atoms with Gasteiger partial charge in [0.1, 0.15) is 0 Å². The number of rotatable bonds is 6. The molecule has 2 aromatic heterocycles. The predicted molar refractivity (Wildman–Crippen MR) is 130 cm³/mol. The van der Waals surface area contributed by atoms with Crippen molar-refractivity contribution < 1.29 is 13.2 Å². The van der Waals surface area contributed by atoms with Crippen LogP contribution in [0.4, 0.5) is 5.13 Å². The molecule has 0 unspecified atom stereocenters. The normalized spacial score (nSPS) is 13.8. The van der Waals surface area contributed by atoms with E-state index in [1.54, 1.807) is 28.6 Å². The molecule has 0 saturated carbocycles. The van der Waals surface area contributed by atoms with Gasteiger partial charge in [-0.05, 0) is 53.9 Å². The number of thiazole rings is 1. The molecule has 0 fully saturated rings. The van der Waals surface area contributed by atoms with Gasteiger partial charge in [0.05, 0.1) is 4.90 Å². The van der Waals surface area contributed by atoms with Crippen LogP contribution in [0.2, 0.25) is 5.02 Å². The molecule has 1 aliphatic heterocycles. The van der Waals surface area contributed by atoms with Crippen LogP contribution in [0.1, 0.15) is 17.5 Å². The number of hydrogen-bond acceptors (Lipinski definition) is 5. The van der Waals surface area contributed by atoms with E-state index in [0.717, 1.165) is 22.0 Å². The summed E-state index contributed by atoms with van der Waals surface area (Å²) in [6.07, 6.45) is 4.58. The fourth-order valence-electron chi connectivity index (χ4n) is 4.10. The number of carbonyl (C=O) groups is 1. The van der Waals surface area contributed by atoms with E-state index < -0.39 is 10.0 Å².